The van der Waals surface area contributed by atoms with Crippen LogP contribution in [-0.2, 0) is 0 Å². The molecule has 0 bridgehead atoms. The average Bonchev–Trinajstić information content (AvgIpc) is 3.26. The fourth-order valence-electron chi connectivity index (χ4n) is 7.59. The summed E-state index contributed by atoms with van der Waals surface area (Å²) < 4.78 is 0. The minimum Gasteiger partial charge on any atom is -0.208 e. The second-order valence-electron chi connectivity index (χ2n) is 13.6. The summed E-state index contributed by atoms with van der Waals surface area (Å²) >= 11 is 0. The fourth-order valence-corrected chi connectivity index (χ4v) is 7.59. The Bertz CT molecular complexity index is 2990. The first-order chi connectivity index (χ1) is 26.7. The lowest BCUT2D eigenvalue weighted by Gasteiger charge is -2.14. The lowest BCUT2D eigenvalue weighted by molar-refractivity contribution is 1.08. The lowest BCUT2D eigenvalue weighted by atomic mass is 9.94. The van der Waals surface area contributed by atoms with E-state index in [2.05, 4.69) is 182 Å². The molecule has 0 fully saturated rings. The van der Waals surface area contributed by atoms with Crippen LogP contribution in [0.15, 0.2) is 200 Å². The molecule has 0 saturated carbocycles. The minimum atomic E-state index is 0.636. The van der Waals surface area contributed by atoms with Crippen LogP contribution in [0.5, 0.6) is 0 Å². The molecule has 54 heavy (non-hydrogen) atoms. The predicted octanol–water partition coefficient (Wildman–Crippen LogP) is 13.3. The van der Waals surface area contributed by atoms with Gasteiger partial charge in [0.15, 0.2) is 17.5 Å². The van der Waals surface area contributed by atoms with Crippen LogP contribution in [-0.4, -0.2) is 15.0 Å². The monoisotopic (exact) mass is 687 g/mol. The molecule has 0 unspecified atom stereocenters. The molecule has 0 atom stereocenters. The van der Waals surface area contributed by atoms with Crippen molar-refractivity contribution >= 4 is 32.3 Å². The Kier molecular flexibility index (Phi) is 7.81. The van der Waals surface area contributed by atoms with Crippen LogP contribution in [0.4, 0.5) is 0 Å². The zero-order valence-corrected chi connectivity index (χ0v) is 29.4. The number of rotatable bonds is 6. The van der Waals surface area contributed by atoms with E-state index in [1.807, 2.05) is 18.2 Å². The van der Waals surface area contributed by atoms with Gasteiger partial charge in [-0.1, -0.05) is 176 Å². The summed E-state index contributed by atoms with van der Waals surface area (Å²) in [5.74, 6) is 1.92. The molecule has 0 aliphatic rings. The van der Waals surface area contributed by atoms with Crippen molar-refractivity contribution in [1.29, 1.82) is 0 Å². The quantitative estimate of drug-likeness (QED) is 0.175. The first-order valence-electron chi connectivity index (χ1n) is 18.3. The molecule has 10 aromatic rings. The highest BCUT2D eigenvalue weighted by molar-refractivity contribution is 6.04. The van der Waals surface area contributed by atoms with Gasteiger partial charge in [0.1, 0.15) is 0 Å². The summed E-state index contributed by atoms with van der Waals surface area (Å²) in [6.45, 7) is 0. The van der Waals surface area contributed by atoms with Crippen LogP contribution in [0.2, 0.25) is 0 Å². The molecule has 0 radical (unpaired) electrons. The summed E-state index contributed by atoms with van der Waals surface area (Å²) in [4.78, 5) is 15.5. The first kappa shape index (κ1) is 31.5. The van der Waals surface area contributed by atoms with Gasteiger partial charge in [-0.15, -0.1) is 0 Å². The van der Waals surface area contributed by atoms with E-state index in [4.69, 9.17) is 15.0 Å². The molecule has 3 heteroatoms. The average molecular weight is 688 g/mol. The summed E-state index contributed by atoms with van der Waals surface area (Å²) in [5.41, 5.74) is 9.82. The molecule has 0 aliphatic heterocycles. The maximum Gasteiger partial charge on any atom is 0.164 e. The molecule has 9 aromatic carbocycles. The van der Waals surface area contributed by atoms with Gasteiger partial charge in [0.2, 0.25) is 0 Å². The van der Waals surface area contributed by atoms with Gasteiger partial charge in [-0.25, -0.2) is 15.0 Å². The molecule has 0 saturated heterocycles. The molecule has 0 amide bonds. The number of fused-ring (bicyclic) bond motifs is 3. The number of hydrogen-bond acceptors (Lipinski definition) is 3. The fraction of sp³-hybridized carbons (Fsp3) is 0. The van der Waals surface area contributed by atoms with Crippen molar-refractivity contribution in [2.24, 2.45) is 0 Å². The smallest absolute Gasteiger partial charge is 0.164 e. The van der Waals surface area contributed by atoms with Crippen LogP contribution in [0.25, 0.3) is 99.9 Å². The zero-order chi connectivity index (χ0) is 35.8. The Morgan fingerprint density at radius 2 is 0.667 bits per heavy atom. The van der Waals surface area contributed by atoms with Gasteiger partial charge in [0.05, 0.1) is 0 Å². The van der Waals surface area contributed by atoms with Crippen molar-refractivity contribution in [2.45, 2.75) is 0 Å². The normalized spacial score (nSPS) is 11.3. The van der Waals surface area contributed by atoms with E-state index >= 15 is 0 Å². The van der Waals surface area contributed by atoms with Gasteiger partial charge in [-0.3, -0.25) is 0 Å². The second-order valence-corrected chi connectivity index (χ2v) is 13.6. The summed E-state index contributed by atoms with van der Waals surface area (Å²) in [7, 11) is 0. The van der Waals surface area contributed by atoms with Crippen LogP contribution in [0, 0.1) is 0 Å². The SMILES string of the molecule is c1ccc(-c2nc(-c3ccccc3-c3ccc4cc(-c5ccc6ccccc6c5)ccc4c3)nc(-c3ccc(-c4ccccc4)c4ccccc34)n2)cc1. The van der Waals surface area contributed by atoms with Crippen molar-refractivity contribution in [2.75, 3.05) is 0 Å². The van der Waals surface area contributed by atoms with Gasteiger partial charge in [0.25, 0.3) is 0 Å². The molecule has 1 aromatic heterocycles. The van der Waals surface area contributed by atoms with Crippen LogP contribution in [0.3, 0.4) is 0 Å². The predicted molar refractivity (Wildman–Crippen MR) is 225 cm³/mol. The third kappa shape index (κ3) is 5.78. The number of hydrogen-bond donors (Lipinski definition) is 0. The van der Waals surface area contributed by atoms with E-state index in [9.17, 15) is 0 Å². The number of benzene rings is 9. The van der Waals surface area contributed by atoms with Crippen molar-refractivity contribution in [3.8, 4) is 67.5 Å². The Morgan fingerprint density at radius 3 is 1.37 bits per heavy atom. The van der Waals surface area contributed by atoms with Gasteiger partial charge >= 0.3 is 0 Å². The van der Waals surface area contributed by atoms with Gasteiger partial charge in [-0.2, -0.15) is 0 Å². The highest BCUT2D eigenvalue weighted by Gasteiger charge is 2.18. The Labute approximate surface area is 313 Å². The number of nitrogens with zero attached hydrogens (tertiary/aromatic N) is 3. The lowest BCUT2D eigenvalue weighted by Crippen LogP contribution is -2.01. The molecule has 1 heterocycles. The standard InChI is InChI=1S/C51H33N3/c1-3-14-35(15-4-1)44-29-30-48(46-21-11-10-20-45(44)46)51-53-49(36-16-5-2-6-17-36)52-50(54-51)47-22-12-9-19-43(47)42-28-27-40-32-39(25-26-41(40)33-42)38-24-23-34-13-7-8-18-37(34)31-38/h1-33H. The minimum absolute atomic E-state index is 0.636. The topological polar surface area (TPSA) is 38.7 Å². The summed E-state index contributed by atoms with van der Waals surface area (Å²) in [6, 6.07) is 70.6. The Morgan fingerprint density at radius 1 is 0.222 bits per heavy atom. The Hall–Kier alpha value is -7.23. The zero-order valence-electron chi connectivity index (χ0n) is 29.4. The first-order valence-corrected chi connectivity index (χ1v) is 18.3. The largest absolute Gasteiger partial charge is 0.208 e. The van der Waals surface area contributed by atoms with Gasteiger partial charge in [0, 0.05) is 16.7 Å². The van der Waals surface area contributed by atoms with E-state index in [0.29, 0.717) is 17.5 Å². The van der Waals surface area contributed by atoms with Gasteiger partial charge in [-0.05, 0) is 90.0 Å². The van der Waals surface area contributed by atoms with E-state index < -0.39 is 0 Å². The Balaban J connectivity index is 1.09. The molecule has 0 spiro atoms. The van der Waals surface area contributed by atoms with E-state index in [-0.39, 0.29) is 0 Å². The van der Waals surface area contributed by atoms with E-state index in [1.54, 1.807) is 0 Å². The van der Waals surface area contributed by atoms with Crippen LogP contribution >= 0.6 is 0 Å². The molecular weight excluding hydrogens is 655 g/mol. The highest BCUT2D eigenvalue weighted by Crippen LogP contribution is 2.38. The van der Waals surface area contributed by atoms with Crippen molar-refractivity contribution in [3.63, 3.8) is 0 Å². The summed E-state index contributed by atoms with van der Waals surface area (Å²) in [6.07, 6.45) is 0. The highest BCUT2D eigenvalue weighted by atomic mass is 15.0. The van der Waals surface area contributed by atoms with Crippen LogP contribution in [0.1, 0.15) is 0 Å². The molecule has 10 rings (SSSR count). The maximum absolute atomic E-state index is 5.24. The summed E-state index contributed by atoms with van der Waals surface area (Å²) in [5, 5.41) is 7.13. The van der Waals surface area contributed by atoms with Crippen molar-refractivity contribution < 1.29 is 0 Å². The molecule has 0 aliphatic carbocycles. The third-order valence-electron chi connectivity index (χ3n) is 10.3. The molecule has 252 valence electrons. The molecular formula is C51H33N3. The maximum atomic E-state index is 5.24. The van der Waals surface area contributed by atoms with E-state index in [0.717, 1.165) is 38.6 Å². The van der Waals surface area contributed by atoms with Crippen molar-refractivity contribution in [3.05, 3.63) is 200 Å². The van der Waals surface area contributed by atoms with Crippen LogP contribution < -0.4 is 0 Å². The molecule has 0 N–H and O–H groups in total. The van der Waals surface area contributed by atoms with Gasteiger partial charge < -0.3 is 0 Å². The third-order valence-corrected chi connectivity index (χ3v) is 10.3. The molecule has 3 nitrogen and oxygen atoms in total. The van der Waals surface area contributed by atoms with Crippen molar-refractivity contribution in [1.82, 2.24) is 15.0 Å². The second kappa shape index (κ2) is 13.4. The number of aromatic nitrogens is 3. The van der Waals surface area contributed by atoms with E-state index in [1.165, 1.54) is 43.8 Å².